The summed E-state index contributed by atoms with van der Waals surface area (Å²) in [6.07, 6.45) is 5.72. The lowest BCUT2D eigenvalue weighted by Gasteiger charge is -2.23. The molecule has 0 saturated heterocycles. The highest BCUT2D eigenvalue weighted by Gasteiger charge is 2.25. The number of ether oxygens (including phenoxy) is 1. The number of aliphatic hydroxyl groups is 1. The molecule has 0 bridgehead atoms. The Hall–Kier alpha value is -3.71. The molecule has 0 aliphatic carbocycles. The van der Waals surface area contributed by atoms with Gasteiger partial charge in [-0.1, -0.05) is 72.8 Å². The number of benzene rings is 2. The van der Waals surface area contributed by atoms with E-state index in [0.29, 0.717) is 19.3 Å². The Labute approximate surface area is 219 Å². The highest BCUT2D eigenvalue weighted by atomic mass is 16.5. The third kappa shape index (κ3) is 11.3. The molecular formula is C30H38N2O5. The minimum atomic E-state index is -0.664. The number of amides is 2. The summed E-state index contributed by atoms with van der Waals surface area (Å²) in [4.78, 5) is 38.1. The van der Waals surface area contributed by atoms with Crippen LogP contribution in [0.25, 0.3) is 0 Å². The fourth-order valence-electron chi connectivity index (χ4n) is 3.89. The zero-order chi connectivity index (χ0) is 26.9. The molecule has 198 valence electrons. The molecule has 0 fully saturated rings. The van der Waals surface area contributed by atoms with E-state index in [2.05, 4.69) is 23.8 Å². The highest BCUT2D eigenvalue weighted by molar-refractivity contribution is 5.86. The SMILES string of the molecule is C=CCCCC(=O)OC[C@H](NC(=O)[C@H](CC=C)CC(=O)N[C@@H](CO)Cc1ccccc1)c1ccccc1. The highest BCUT2D eigenvalue weighted by Crippen LogP contribution is 2.18. The van der Waals surface area contributed by atoms with E-state index >= 15 is 0 Å². The zero-order valence-corrected chi connectivity index (χ0v) is 21.3. The second-order valence-electron chi connectivity index (χ2n) is 8.90. The summed E-state index contributed by atoms with van der Waals surface area (Å²) in [5, 5.41) is 15.5. The van der Waals surface area contributed by atoms with E-state index < -0.39 is 18.0 Å². The van der Waals surface area contributed by atoms with Crippen LogP contribution in [0.3, 0.4) is 0 Å². The second-order valence-corrected chi connectivity index (χ2v) is 8.90. The van der Waals surface area contributed by atoms with Crippen LogP contribution in [0.5, 0.6) is 0 Å². The monoisotopic (exact) mass is 506 g/mol. The van der Waals surface area contributed by atoms with Gasteiger partial charge in [0, 0.05) is 12.8 Å². The molecule has 0 saturated carbocycles. The first-order valence-electron chi connectivity index (χ1n) is 12.6. The van der Waals surface area contributed by atoms with Crippen molar-refractivity contribution in [3.63, 3.8) is 0 Å². The Balaban J connectivity index is 2.01. The van der Waals surface area contributed by atoms with Gasteiger partial charge in [-0.15, -0.1) is 13.2 Å². The van der Waals surface area contributed by atoms with Crippen LogP contribution < -0.4 is 10.6 Å². The first-order chi connectivity index (χ1) is 18.0. The van der Waals surface area contributed by atoms with Crippen molar-refractivity contribution < 1.29 is 24.2 Å². The summed E-state index contributed by atoms with van der Waals surface area (Å²) < 4.78 is 5.44. The van der Waals surface area contributed by atoms with Crippen LogP contribution in [0.4, 0.5) is 0 Å². The molecular weight excluding hydrogens is 468 g/mol. The van der Waals surface area contributed by atoms with E-state index in [4.69, 9.17) is 4.74 Å². The van der Waals surface area contributed by atoms with E-state index in [-0.39, 0.29) is 43.8 Å². The van der Waals surface area contributed by atoms with Gasteiger partial charge in [0.25, 0.3) is 0 Å². The molecule has 2 aromatic rings. The first kappa shape index (κ1) is 29.5. The molecule has 0 unspecified atom stereocenters. The summed E-state index contributed by atoms with van der Waals surface area (Å²) in [5.41, 5.74) is 1.78. The summed E-state index contributed by atoms with van der Waals surface area (Å²) in [7, 11) is 0. The van der Waals surface area contributed by atoms with Crippen molar-refractivity contribution in [2.45, 2.75) is 50.6 Å². The molecule has 2 amide bonds. The molecule has 3 atom stereocenters. The van der Waals surface area contributed by atoms with E-state index in [1.807, 2.05) is 60.7 Å². The van der Waals surface area contributed by atoms with Crippen LogP contribution in [-0.2, 0) is 25.5 Å². The van der Waals surface area contributed by atoms with Gasteiger partial charge in [0.1, 0.15) is 6.61 Å². The van der Waals surface area contributed by atoms with Gasteiger partial charge in [-0.05, 0) is 36.8 Å². The fraction of sp³-hybridized carbons (Fsp3) is 0.367. The van der Waals surface area contributed by atoms with Crippen molar-refractivity contribution in [2.24, 2.45) is 5.92 Å². The normalized spacial score (nSPS) is 13.0. The fourth-order valence-corrected chi connectivity index (χ4v) is 3.89. The lowest BCUT2D eigenvalue weighted by atomic mass is 9.98. The smallest absolute Gasteiger partial charge is 0.305 e. The second kappa shape index (κ2) is 16.9. The molecule has 2 rings (SSSR count). The van der Waals surface area contributed by atoms with Gasteiger partial charge in [-0.3, -0.25) is 14.4 Å². The van der Waals surface area contributed by atoms with Gasteiger partial charge in [0.15, 0.2) is 0 Å². The van der Waals surface area contributed by atoms with Gasteiger partial charge in [0.2, 0.25) is 11.8 Å². The van der Waals surface area contributed by atoms with Gasteiger partial charge in [-0.2, -0.15) is 0 Å². The maximum atomic E-state index is 13.2. The number of esters is 1. The predicted molar refractivity (Wildman–Crippen MR) is 144 cm³/mol. The van der Waals surface area contributed by atoms with Gasteiger partial charge in [-0.25, -0.2) is 0 Å². The number of unbranched alkanes of at least 4 members (excludes halogenated alkanes) is 1. The quantitative estimate of drug-likeness (QED) is 0.171. The molecule has 2 aromatic carbocycles. The van der Waals surface area contributed by atoms with E-state index in [0.717, 1.165) is 17.5 Å². The van der Waals surface area contributed by atoms with Crippen LogP contribution in [0.2, 0.25) is 0 Å². The summed E-state index contributed by atoms with van der Waals surface area (Å²) >= 11 is 0. The Bertz CT molecular complexity index is 994. The predicted octanol–water partition coefficient (Wildman–Crippen LogP) is 4.05. The zero-order valence-electron chi connectivity index (χ0n) is 21.3. The standard InChI is InChI=1S/C30H38N2O5/c1-3-5-8-18-29(35)37-22-27(24-16-11-7-12-17-24)32-30(36)25(13-4-2)20-28(34)31-26(21-33)19-23-14-9-6-10-15-23/h3-4,6-7,9-12,14-17,25-27,33H,1-2,5,8,13,18-22H2,(H,31,34)(H,32,36)/t25-,26-,27+/m1/s1. The lowest BCUT2D eigenvalue weighted by molar-refractivity contribution is -0.145. The summed E-state index contributed by atoms with van der Waals surface area (Å²) in [6.45, 7) is 7.15. The van der Waals surface area contributed by atoms with Crippen molar-refractivity contribution in [1.29, 1.82) is 0 Å². The first-order valence-corrected chi connectivity index (χ1v) is 12.6. The Morgan fingerprint density at radius 1 is 0.946 bits per heavy atom. The number of nitrogens with one attached hydrogen (secondary N) is 2. The summed E-state index contributed by atoms with van der Waals surface area (Å²) in [5.74, 6) is -1.67. The number of rotatable bonds is 17. The van der Waals surface area contributed by atoms with Crippen molar-refractivity contribution in [3.8, 4) is 0 Å². The number of carbonyl (C=O) groups excluding carboxylic acids is 3. The maximum Gasteiger partial charge on any atom is 0.305 e. The lowest BCUT2D eigenvalue weighted by Crippen LogP contribution is -2.42. The molecule has 0 heterocycles. The average Bonchev–Trinajstić information content (AvgIpc) is 2.91. The van der Waals surface area contributed by atoms with Crippen molar-refractivity contribution in [2.75, 3.05) is 13.2 Å². The van der Waals surface area contributed by atoms with Crippen molar-refractivity contribution in [1.82, 2.24) is 10.6 Å². The minimum absolute atomic E-state index is 0.0145. The Kier molecular flexibility index (Phi) is 13.5. The average molecular weight is 507 g/mol. The minimum Gasteiger partial charge on any atom is -0.463 e. The number of hydrogen-bond acceptors (Lipinski definition) is 5. The molecule has 0 aromatic heterocycles. The molecule has 3 N–H and O–H groups in total. The molecule has 0 spiro atoms. The van der Waals surface area contributed by atoms with Crippen molar-refractivity contribution >= 4 is 17.8 Å². The molecule has 0 radical (unpaired) electrons. The van der Waals surface area contributed by atoms with Crippen LogP contribution in [0.1, 0.15) is 49.3 Å². The Morgan fingerprint density at radius 2 is 1.62 bits per heavy atom. The van der Waals surface area contributed by atoms with Crippen LogP contribution in [-0.4, -0.2) is 42.1 Å². The van der Waals surface area contributed by atoms with E-state index in [9.17, 15) is 19.5 Å². The van der Waals surface area contributed by atoms with Crippen LogP contribution in [0.15, 0.2) is 86.0 Å². The topological polar surface area (TPSA) is 105 Å². The van der Waals surface area contributed by atoms with Gasteiger partial charge < -0.3 is 20.5 Å². The number of carbonyl (C=O) groups is 3. The van der Waals surface area contributed by atoms with E-state index in [1.54, 1.807) is 12.2 Å². The maximum absolute atomic E-state index is 13.2. The molecule has 0 aliphatic heterocycles. The van der Waals surface area contributed by atoms with Gasteiger partial charge >= 0.3 is 5.97 Å². The number of allylic oxidation sites excluding steroid dienone is 2. The van der Waals surface area contributed by atoms with Crippen LogP contribution in [0, 0.1) is 5.92 Å². The Morgan fingerprint density at radius 3 is 2.24 bits per heavy atom. The van der Waals surface area contributed by atoms with E-state index in [1.165, 1.54) is 0 Å². The molecule has 7 heteroatoms. The van der Waals surface area contributed by atoms with Crippen LogP contribution >= 0.6 is 0 Å². The number of hydrogen-bond donors (Lipinski definition) is 3. The molecule has 0 aliphatic rings. The third-order valence-electron chi connectivity index (χ3n) is 5.88. The molecule has 7 nitrogen and oxygen atoms in total. The largest absolute Gasteiger partial charge is 0.463 e. The number of aliphatic hydroxyl groups excluding tert-OH is 1. The molecule has 37 heavy (non-hydrogen) atoms. The van der Waals surface area contributed by atoms with Gasteiger partial charge in [0.05, 0.1) is 24.6 Å². The van der Waals surface area contributed by atoms with Crippen molar-refractivity contribution in [3.05, 3.63) is 97.1 Å². The summed E-state index contributed by atoms with van der Waals surface area (Å²) in [6, 6.07) is 17.8. The third-order valence-corrected chi connectivity index (χ3v) is 5.88.